The summed E-state index contributed by atoms with van der Waals surface area (Å²) in [7, 11) is 0. The molecular formula is C20H19N3O4. The van der Waals surface area contributed by atoms with Crippen molar-refractivity contribution >= 4 is 17.5 Å². The minimum Gasteiger partial charge on any atom is -0.467 e. The number of aromatic nitrogens is 1. The molecule has 7 nitrogen and oxygen atoms in total. The maximum absolute atomic E-state index is 12.1. The van der Waals surface area contributed by atoms with Crippen LogP contribution in [0.5, 0.6) is 0 Å². The van der Waals surface area contributed by atoms with Gasteiger partial charge in [-0.05, 0) is 48.9 Å². The van der Waals surface area contributed by atoms with E-state index in [4.69, 9.17) is 4.42 Å². The van der Waals surface area contributed by atoms with Gasteiger partial charge < -0.3 is 19.6 Å². The second-order valence-electron chi connectivity index (χ2n) is 6.06. The Hall–Kier alpha value is -3.61. The highest BCUT2D eigenvalue weighted by atomic mass is 16.3. The first-order valence-electron chi connectivity index (χ1n) is 8.39. The van der Waals surface area contributed by atoms with Crippen molar-refractivity contribution in [2.24, 2.45) is 0 Å². The lowest BCUT2D eigenvalue weighted by Crippen LogP contribution is -2.27. The lowest BCUT2D eigenvalue weighted by atomic mass is 10.2. The number of hydrogen-bond donors (Lipinski definition) is 2. The third-order valence-corrected chi connectivity index (χ3v) is 3.88. The molecule has 0 saturated heterocycles. The summed E-state index contributed by atoms with van der Waals surface area (Å²) >= 11 is 0. The van der Waals surface area contributed by atoms with Gasteiger partial charge in [0.1, 0.15) is 12.3 Å². The molecule has 0 aliphatic carbocycles. The zero-order valence-corrected chi connectivity index (χ0v) is 14.8. The highest BCUT2D eigenvalue weighted by Gasteiger charge is 2.08. The van der Waals surface area contributed by atoms with Crippen molar-refractivity contribution < 1.29 is 14.0 Å². The van der Waals surface area contributed by atoms with Gasteiger partial charge in [-0.15, -0.1) is 0 Å². The average molecular weight is 365 g/mol. The molecule has 7 heteroatoms. The molecule has 2 aromatic heterocycles. The van der Waals surface area contributed by atoms with E-state index in [9.17, 15) is 14.4 Å². The molecule has 0 radical (unpaired) electrons. The lowest BCUT2D eigenvalue weighted by molar-refractivity contribution is -0.116. The number of carbonyl (C=O) groups excluding carboxylic acids is 2. The van der Waals surface area contributed by atoms with Crippen LogP contribution in [0.3, 0.4) is 0 Å². The summed E-state index contributed by atoms with van der Waals surface area (Å²) in [5.41, 5.74) is 1.67. The summed E-state index contributed by atoms with van der Waals surface area (Å²) in [6.07, 6.45) is 3.18. The highest BCUT2D eigenvalue weighted by Crippen LogP contribution is 2.10. The monoisotopic (exact) mass is 365 g/mol. The number of nitrogens with one attached hydrogen (secondary N) is 2. The van der Waals surface area contributed by atoms with Crippen molar-refractivity contribution in [1.82, 2.24) is 9.88 Å². The van der Waals surface area contributed by atoms with Crippen LogP contribution in [0, 0.1) is 6.92 Å². The second-order valence-corrected chi connectivity index (χ2v) is 6.06. The number of amides is 2. The van der Waals surface area contributed by atoms with Crippen molar-refractivity contribution in [2.45, 2.75) is 20.0 Å². The van der Waals surface area contributed by atoms with Gasteiger partial charge in [0.25, 0.3) is 11.5 Å². The van der Waals surface area contributed by atoms with Crippen LogP contribution in [-0.2, 0) is 17.9 Å². The average Bonchev–Trinajstić information content (AvgIpc) is 3.17. The first-order valence-corrected chi connectivity index (χ1v) is 8.39. The molecule has 138 valence electrons. The largest absolute Gasteiger partial charge is 0.467 e. The van der Waals surface area contributed by atoms with Crippen LogP contribution in [0.2, 0.25) is 0 Å². The third-order valence-electron chi connectivity index (χ3n) is 3.88. The van der Waals surface area contributed by atoms with E-state index in [-0.39, 0.29) is 23.9 Å². The Morgan fingerprint density at radius 2 is 1.85 bits per heavy atom. The van der Waals surface area contributed by atoms with Crippen LogP contribution in [-0.4, -0.2) is 16.4 Å². The molecule has 0 aliphatic heterocycles. The van der Waals surface area contributed by atoms with E-state index in [2.05, 4.69) is 10.6 Å². The zero-order chi connectivity index (χ0) is 19.2. The molecule has 0 spiro atoms. The minimum atomic E-state index is -0.322. The first-order chi connectivity index (χ1) is 13.0. The minimum absolute atomic E-state index is 0.0775. The fourth-order valence-electron chi connectivity index (χ4n) is 2.52. The number of aryl methyl sites for hydroxylation is 1. The van der Waals surface area contributed by atoms with E-state index in [1.165, 1.54) is 10.6 Å². The molecule has 2 N–H and O–H groups in total. The fraction of sp³-hybridized carbons (Fsp3) is 0.150. The predicted octanol–water partition coefficient (Wildman–Crippen LogP) is 2.32. The Bertz CT molecular complexity index is 989. The molecule has 0 fully saturated rings. The molecule has 0 unspecified atom stereocenters. The number of rotatable bonds is 6. The summed E-state index contributed by atoms with van der Waals surface area (Å²) < 4.78 is 6.51. The maximum atomic E-state index is 12.1. The van der Waals surface area contributed by atoms with Gasteiger partial charge in [0.2, 0.25) is 5.91 Å². The normalized spacial score (nSPS) is 10.4. The van der Waals surface area contributed by atoms with Crippen LogP contribution >= 0.6 is 0 Å². The molecule has 0 aliphatic rings. The van der Waals surface area contributed by atoms with Crippen molar-refractivity contribution in [3.8, 4) is 0 Å². The summed E-state index contributed by atoms with van der Waals surface area (Å²) in [6.45, 7) is 2.07. The smallest absolute Gasteiger partial charge is 0.251 e. The zero-order valence-electron chi connectivity index (χ0n) is 14.8. The van der Waals surface area contributed by atoms with E-state index in [1.807, 2.05) is 6.92 Å². The summed E-state index contributed by atoms with van der Waals surface area (Å²) in [4.78, 5) is 36.0. The van der Waals surface area contributed by atoms with E-state index >= 15 is 0 Å². The Labute approximate surface area is 155 Å². The fourth-order valence-corrected chi connectivity index (χ4v) is 2.52. The van der Waals surface area contributed by atoms with E-state index in [0.717, 1.165) is 5.56 Å². The lowest BCUT2D eigenvalue weighted by Gasteiger charge is -2.09. The van der Waals surface area contributed by atoms with Gasteiger partial charge in [-0.2, -0.15) is 0 Å². The van der Waals surface area contributed by atoms with Gasteiger partial charge in [0.05, 0.1) is 12.8 Å². The molecule has 1 aromatic carbocycles. The molecule has 0 saturated carbocycles. The van der Waals surface area contributed by atoms with E-state index in [0.29, 0.717) is 23.6 Å². The van der Waals surface area contributed by atoms with Crippen LogP contribution < -0.4 is 16.2 Å². The van der Waals surface area contributed by atoms with Gasteiger partial charge in [-0.3, -0.25) is 14.4 Å². The molecular weight excluding hydrogens is 346 g/mol. The molecule has 0 bridgehead atoms. The predicted molar refractivity (Wildman–Crippen MR) is 100 cm³/mol. The molecule has 27 heavy (non-hydrogen) atoms. The Kier molecular flexibility index (Phi) is 5.51. The van der Waals surface area contributed by atoms with Crippen molar-refractivity contribution in [1.29, 1.82) is 0 Å². The van der Waals surface area contributed by atoms with Crippen LogP contribution in [0.4, 0.5) is 5.69 Å². The number of nitrogens with zero attached hydrogens (tertiary/aromatic N) is 1. The summed E-state index contributed by atoms with van der Waals surface area (Å²) in [5, 5.41) is 5.46. The van der Waals surface area contributed by atoms with Gasteiger partial charge in [-0.1, -0.05) is 6.07 Å². The van der Waals surface area contributed by atoms with E-state index < -0.39 is 0 Å². The van der Waals surface area contributed by atoms with Gasteiger partial charge in [0, 0.05) is 23.5 Å². The van der Waals surface area contributed by atoms with Crippen LogP contribution in [0.25, 0.3) is 0 Å². The number of furan rings is 1. The van der Waals surface area contributed by atoms with Gasteiger partial charge in [-0.25, -0.2) is 0 Å². The Balaban J connectivity index is 1.56. The van der Waals surface area contributed by atoms with Crippen LogP contribution in [0.15, 0.2) is 70.2 Å². The highest BCUT2D eigenvalue weighted by molar-refractivity contribution is 5.95. The first kappa shape index (κ1) is 18.2. The third kappa shape index (κ3) is 4.94. The molecule has 2 amide bonds. The standard InChI is InChI=1S/C20H19N3O4/c1-14-4-9-19(25)23(12-14)13-18(24)22-16-7-5-15(6-8-16)20(26)21-11-17-3-2-10-27-17/h2-10,12H,11,13H2,1H3,(H,21,26)(H,22,24). The summed E-state index contributed by atoms with van der Waals surface area (Å²) in [5.74, 6) is 0.104. The quantitative estimate of drug-likeness (QED) is 0.701. The van der Waals surface area contributed by atoms with Gasteiger partial charge >= 0.3 is 0 Å². The van der Waals surface area contributed by atoms with Crippen molar-refractivity contribution in [2.75, 3.05) is 5.32 Å². The number of anilines is 1. The summed E-state index contributed by atoms with van der Waals surface area (Å²) in [6, 6.07) is 13.2. The second kappa shape index (κ2) is 8.18. The van der Waals surface area contributed by atoms with Crippen molar-refractivity contribution in [3.63, 3.8) is 0 Å². The Morgan fingerprint density at radius 1 is 1.07 bits per heavy atom. The van der Waals surface area contributed by atoms with Gasteiger partial charge in [0.15, 0.2) is 0 Å². The Morgan fingerprint density at radius 3 is 2.56 bits per heavy atom. The van der Waals surface area contributed by atoms with E-state index in [1.54, 1.807) is 54.9 Å². The number of carbonyl (C=O) groups is 2. The maximum Gasteiger partial charge on any atom is 0.251 e. The number of pyridine rings is 1. The topological polar surface area (TPSA) is 93.3 Å². The van der Waals surface area contributed by atoms with Crippen molar-refractivity contribution in [3.05, 3.63) is 88.2 Å². The molecule has 3 aromatic rings. The number of benzene rings is 1. The SMILES string of the molecule is Cc1ccc(=O)n(CC(=O)Nc2ccc(C(=O)NCc3ccco3)cc2)c1. The molecule has 3 rings (SSSR count). The molecule has 0 atom stereocenters. The molecule has 2 heterocycles. The van der Waals surface area contributed by atoms with Crippen LogP contribution in [0.1, 0.15) is 21.7 Å². The number of hydrogen-bond acceptors (Lipinski definition) is 4.